The summed E-state index contributed by atoms with van der Waals surface area (Å²) in [6.07, 6.45) is 2.83. The zero-order valence-corrected chi connectivity index (χ0v) is 16.5. The van der Waals surface area contributed by atoms with Gasteiger partial charge in [0.1, 0.15) is 11.9 Å². The Hall–Kier alpha value is -1.39. The summed E-state index contributed by atoms with van der Waals surface area (Å²) in [6.45, 7) is 0. The molecule has 10 heteroatoms. The Labute approximate surface area is 160 Å². The van der Waals surface area contributed by atoms with Crippen LogP contribution in [0.4, 0.5) is 0 Å². The second-order valence-corrected chi connectivity index (χ2v) is 10.8. The minimum absolute atomic E-state index is 0.0629. The largest absolute Gasteiger partial charge is 0.461 e. The molecule has 2 aromatic rings. The summed E-state index contributed by atoms with van der Waals surface area (Å²) in [7, 11) is -3.05. The maximum Gasteiger partial charge on any atom is 0.316 e. The van der Waals surface area contributed by atoms with E-state index in [0.717, 1.165) is 30.2 Å². The summed E-state index contributed by atoms with van der Waals surface area (Å²) in [4.78, 5) is 13.3. The highest BCUT2D eigenvalue weighted by Crippen LogP contribution is 2.39. The molecule has 1 saturated heterocycles. The Morgan fingerprint density at radius 1 is 1.35 bits per heavy atom. The van der Waals surface area contributed by atoms with E-state index >= 15 is 0 Å². The molecule has 26 heavy (non-hydrogen) atoms. The number of esters is 1. The first-order valence-corrected chi connectivity index (χ1v) is 12.2. The smallest absolute Gasteiger partial charge is 0.316 e. The molecule has 0 amide bonds. The molecule has 2 aromatic heterocycles. The van der Waals surface area contributed by atoms with Gasteiger partial charge in [-0.15, -0.1) is 21.5 Å². The highest BCUT2D eigenvalue weighted by molar-refractivity contribution is 7.99. The van der Waals surface area contributed by atoms with Crippen LogP contribution >= 0.6 is 23.1 Å². The van der Waals surface area contributed by atoms with Crippen molar-refractivity contribution in [1.82, 2.24) is 14.8 Å². The fourth-order valence-electron chi connectivity index (χ4n) is 2.99. The molecule has 0 radical (unpaired) electrons. The van der Waals surface area contributed by atoms with Gasteiger partial charge in [-0.05, 0) is 30.7 Å². The molecule has 0 bridgehead atoms. The molecule has 1 aliphatic heterocycles. The lowest BCUT2D eigenvalue weighted by Crippen LogP contribution is -2.20. The van der Waals surface area contributed by atoms with Crippen LogP contribution in [0.15, 0.2) is 22.7 Å². The van der Waals surface area contributed by atoms with Crippen LogP contribution in [0.5, 0.6) is 0 Å². The van der Waals surface area contributed by atoms with Gasteiger partial charge in [-0.1, -0.05) is 17.8 Å². The monoisotopic (exact) mass is 413 g/mol. The average molecular weight is 414 g/mol. The van der Waals surface area contributed by atoms with Gasteiger partial charge in [0, 0.05) is 17.3 Å². The third kappa shape index (κ3) is 4.29. The molecular weight excluding hydrogens is 394 g/mol. The standard InChI is InChI=1S/C16H19N3O4S3/c20-15(23-12-5-7-26(21,22)10-12)9-25-16-18-17-14(19(16)11-3-4-11)8-13-2-1-6-24-13/h1-2,6,11-12H,3-5,7-10H2/t12-/m1/s1. The van der Waals surface area contributed by atoms with Crippen molar-refractivity contribution in [3.63, 3.8) is 0 Å². The first-order valence-electron chi connectivity index (χ1n) is 8.49. The van der Waals surface area contributed by atoms with E-state index in [1.165, 1.54) is 16.6 Å². The number of nitrogens with zero attached hydrogens (tertiary/aromatic N) is 3. The van der Waals surface area contributed by atoms with Crippen molar-refractivity contribution < 1.29 is 17.9 Å². The van der Waals surface area contributed by atoms with E-state index in [4.69, 9.17) is 4.74 Å². The van der Waals surface area contributed by atoms with Crippen molar-refractivity contribution in [2.45, 2.75) is 43.0 Å². The van der Waals surface area contributed by atoms with Gasteiger partial charge in [0.25, 0.3) is 0 Å². The zero-order valence-electron chi connectivity index (χ0n) is 14.0. The Kier molecular flexibility index (Phi) is 5.07. The molecule has 2 aliphatic rings. The van der Waals surface area contributed by atoms with Crippen molar-refractivity contribution in [3.05, 3.63) is 28.2 Å². The maximum atomic E-state index is 12.0. The van der Waals surface area contributed by atoms with Crippen molar-refractivity contribution in [2.75, 3.05) is 17.3 Å². The van der Waals surface area contributed by atoms with Crippen LogP contribution in [-0.2, 0) is 25.8 Å². The minimum Gasteiger partial charge on any atom is -0.461 e. The Bertz CT molecular complexity index is 888. The molecule has 0 N–H and O–H groups in total. The number of aromatic nitrogens is 3. The predicted molar refractivity (Wildman–Crippen MR) is 99.3 cm³/mol. The fraction of sp³-hybridized carbons (Fsp3) is 0.562. The summed E-state index contributed by atoms with van der Waals surface area (Å²) in [5.74, 6) is 0.669. The normalized spacial score (nSPS) is 21.8. The van der Waals surface area contributed by atoms with Crippen LogP contribution in [0.25, 0.3) is 0 Å². The third-order valence-corrected chi connectivity index (χ3v) is 7.90. The predicted octanol–water partition coefficient (Wildman–Crippen LogP) is 2.09. The van der Waals surface area contributed by atoms with E-state index in [2.05, 4.69) is 20.8 Å². The Balaban J connectivity index is 1.37. The second kappa shape index (κ2) is 7.32. The average Bonchev–Trinajstić information content (AvgIpc) is 2.99. The molecule has 0 spiro atoms. The summed E-state index contributed by atoms with van der Waals surface area (Å²) in [5, 5.41) is 11.4. The number of sulfone groups is 1. The number of ether oxygens (including phenoxy) is 1. The highest BCUT2D eigenvalue weighted by Gasteiger charge is 2.32. The molecule has 0 unspecified atom stereocenters. The first-order chi connectivity index (χ1) is 12.5. The number of hydrogen-bond donors (Lipinski definition) is 0. The third-order valence-electron chi connectivity index (χ3n) is 4.37. The van der Waals surface area contributed by atoms with Gasteiger partial charge in [-0.25, -0.2) is 8.42 Å². The van der Waals surface area contributed by atoms with Crippen LogP contribution in [0.1, 0.15) is 36.0 Å². The van der Waals surface area contributed by atoms with Gasteiger partial charge in [0.2, 0.25) is 0 Å². The number of thiophene rings is 1. The Morgan fingerprint density at radius 3 is 2.85 bits per heavy atom. The molecule has 1 atom stereocenters. The van der Waals surface area contributed by atoms with Crippen LogP contribution < -0.4 is 0 Å². The summed E-state index contributed by atoms with van der Waals surface area (Å²) in [5.41, 5.74) is 0. The number of carbonyl (C=O) groups excluding carboxylic acids is 1. The number of carbonyl (C=O) groups is 1. The van der Waals surface area contributed by atoms with E-state index in [9.17, 15) is 13.2 Å². The molecule has 4 rings (SSSR count). The van der Waals surface area contributed by atoms with Gasteiger partial charge in [-0.2, -0.15) is 0 Å². The van der Waals surface area contributed by atoms with Gasteiger partial charge in [-0.3, -0.25) is 4.79 Å². The molecule has 3 heterocycles. The number of rotatable bonds is 7. The lowest BCUT2D eigenvalue weighted by atomic mass is 10.3. The van der Waals surface area contributed by atoms with E-state index < -0.39 is 21.9 Å². The molecule has 140 valence electrons. The van der Waals surface area contributed by atoms with Gasteiger partial charge in [0.05, 0.1) is 17.3 Å². The summed E-state index contributed by atoms with van der Waals surface area (Å²) in [6, 6.07) is 4.52. The van der Waals surface area contributed by atoms with Crippen LogP contribution in [-0.4, -0.2) is 52.5 Å². The van der Waals surface area contributed by atoms with E-state index in [0.29, 0.717) is 12.5 Å². The Morgan fingerprint density at radius 2 is 2.19 bits per heavy atom. The fourth-order valence-corrected chi connectivity index (χ4v) is 6.09. The van der Waals surface area contributed by atoms with E-state index in [1.54, 1.807) is 11.3 Å². The number of thioether (sulfide) groups is 1. The minimum atomic E-state index is -3.05. The van der Waals surface area contributed by atoms with Crippen LogP contribution in [0.3, 0.4) is 0 Å². The molecule has 1 saturated carbocycles. The van der Waals surface area contributed by atoms with Gasteiger partial charge in [0.15, 0.2) is 15.0 Å². The summed E-state index contributed by atoms with van der Waals surface area (Å²) < 4.78 is 30.3. The molecule has 0 aromatic carbocycles. The van der Waals surface area contributed by atoms with Crippen molar-refractivity contribution >= 4 is 38.9 Å². The molecule has 7 nitrogen and oxygen atoms in total. The van der Waals surface area contributed by atoms with Gasteiger partial charge < -0.3 is 9.30 Å². The molecule has 1 aliphatic carbocycles. The van der Waals surface area contributed by atoms with E-state index in [-0.39, 0.29) is 17.3 Å². The highest BCUT2D eigenvalue weighted by atomic mass is 32.2. The van der Waals surface area contributed by atoms with Crippen LogP contribution in [0.2, 0.25) is 0 Å². The van der Waals surface area contributed by atoms with Crippen LogP contribution in [0, 0.1) is 0 Å². The first kappa shape index (κ1) is 18.0. The maximum absolute atomic E-state index is 12.0. The topological polar surface area (TPSA) is 91.2 Å². The van der Waals surface area contributed by atoms with Crippen molar-refractivity contribution in [2.24, 2.45) is 0 Å². The SMILES string of the molecule is O=C(CSc1nnc(Cc2cccs2)n1C1CC1)O[C@@H]1CCS(=O)(=O)C1. The summed E-state index contributed by atoms with van der Waals surface area (Å²) >= 11 is 3.00. The number of hydrogen-bond acceptors (Lipinski definition) is 8. The molecule has 2 fully saturated rings. The van der Waals surface area contributed by atoms with Gasteiger partial charge >= 0.3 is 5.97 Å². The second-order valence-electron chi connectivity index (χ2n) is 6.56. The van der Waals surface area contributed by atoms with Crippen molar-refractivity contribution in [1.29, 1.82) is 0 Å². The lowest BCUT2D eigenvalue weighted by molar-refractivity contribution is -0.144. The van der Waals surface area contributed by atoms with Crippen molar-refractivity contribution in [3.8, 4) is 0 Å². The van der Waals surface area contributed by atoms with E-state index in [1.807, 2.05) is 11.4 Å². The zero-order chi connectivity index (χ0) is 18.1. The molecular formula is C16H19N3O4S3. The lowest BCUT2D eigenvalue weighted by Gasteiger charge is -2.11. The quantitative estimate of drug-likeness (QED) is 0.507.